The van der Waals surface area contributed by atoms with Gasteiger partial charge in [-0.3, -0.25) is 4.79 Å². The van der Waals surface area contributed by atoms with Gasteiger partial charge in [-0.25, -0.2) is 0 Å². The van der Waals surface area contributed by atoms with E-state index < -0.39 is 0 Å². The first kappa shape index (κ1) is 17.7. The molecule has 0 saturated heterocycles. The number of para-hydroxylation sites is 1. The second-order valence-electron chi connectivity index (χ2n) is 5.80. The minimum atomic E-state index is 0.0123. The number of methoxy groups -OCH3 is 1. The number of hydrogen-bond donors (Lipinski definition) is 1. The van der Waals surface area contributed by atoms with E-state index >= 15 is 0 Å². The molecule has 1 N–H and O–H groups in total. The second kappa shape index (κ2) is 8.80. The van der Waals surface area contributed by atoms with Crippen molar-refractivity contribution in [3.63, 3.8) is 0 Å². The van der Waals surface area contributed by atoms with Crippen LogP contribution in [0.2, 0.25) is 0 Å². The lowest BCUT2D eigenvalue weighted by Gasteiger charge is -2.04. The molecule has 26 heavy (non-hydrogen) atoms. The fraction of sp³-hybridized carbons (Fsp3) is 0.250. The van der Waals surface area contributed by atoms with Gasteiger partial charge in [-0.2, -0.15) is 4.98 Å². The topological polar surface area (TPSA) is 77.3 Å². The predicted molar refractivity (Wildman–Crippen MR) is 97.8 cm³/mol. The third-order valence-corrected chi connectivity index (χ3v) is 3.96. The summed E-state index contributed by atoms with van der Waals surface area (Å²) in [7, 11) is 1.60. The van der Waals surface area contributed by atoms with Crippen LogP contribution in [0.25, 0.3) is 11.4 Å². The molecule has 1 heterocycles. The van der Waals surface area contributed by atoms with Gasteiger partial charge in [-0.15, -0.1) is 0 Å². The molecule has 0 saturated carbocycles. The average molecular weight is 351 g/mol. The van der Waals surface area contributed by atoms with Gasteiger partial charge in [-0.1, -0.05) is 47.6 Å². The van der Waals surface area contributed by atoms with Gasteiger partial charge in [0.05, 0.1) is 12.7 Å². The van der Waals surface area contributed by atoms with E-state index in [1.807, 2.05) is 54.6 Å². The molecular weight excluding hydrogens is 330 g/mol. The number of aromatic nitrogens is 2. The fourth-order valence-electron chi connectivity index (χ4n) is 2.59. The number of hydrogen-bond acceptors (Lipinski definition) is 5. The Balaban J connectivity index is 1.47. The first-order valence-electron chi connectivity index (χ1n) is 8.53. The third-order valence-electron chi connectivity index (χ3n) is 3.96. The van der Waals surface area contributed by atoms with Crippen molar-refractivity contribution in [2.75, 3.05) is 13.7 Å². The smallest absolute Gasteiger partial charge is 0.228 e. The molecule has 3 rings (SSSR count). The normalized spacial score (nSPS) is 10.5. The van der Waals surface area contributed by atoms with Crippen molar-refractivity contribution in [3.8, 4) is 17.1 Å². The van der Waals surface area contributed by atoms with Gasteiger partial charge in [0.1, 0.15) is 5.75 Å². The summed E-state index contributed by atoms with van der Waals surface area (Å²) in [6, 6.07) is 17.4. The summed E-state index contributed by atoms with van der Waals surface area (Å²) in [4.78, 5) is 16.3. The summed E-state index contributed by atoms with van der Waals surface area (Å²) in [5.41, 5.74) is 1.93. The van der Waals surface area contributed by atoms with Crippen LogP contribution in [0.15, 0.2) is 59.1 Å². The van der Waals surface area contributed by atoms with Crippen LogP contribution in [0.3, 0.4) is 0 Å². The Morgan fingerprint density at radius 2 is 1.85 bits per heavy atom. The van der Waals surface area contributed by atoms with Crippen LogP contribution in [0.5, 0.6) is 5.75 Å². The Bertz CT molecular complexity index is 846. The standard InChI is InChI=1S/C20H21N3O3/c1-25-17-10-6-5-9-16(17)20-22-19(26-23-20)13-14-21-18(24)12-11-15-7-3-2-4-8-15/h2-10H,11-14H2,1H3,(H,21,24). The van der Waals surface area contributed by atoms with E-state index in [0.29, 0.717) is 36.9 Å². The molecule has 6 nitrogen and oxygen atoms in total. The zero-order chi connectivity index (χ0) is 18.2. The Morgan fingerprint density at radius 3 is 2.65 bits per heavy atom. The van der Waals surface area contributed by atoms with Gasteiger partial charge in [0.25, 0.3) is 0 Å². The SMILES string of the molecule is COc1ccccc1-c1noc(CCNC(=O)CCc2ccccc2)n1. The number of carbonyl (C=O) groups is 1. The zero-order valence-electron chi connectivity index (χ0n) is 14.6. The van der Waals surface area contributed by atoms with Crippen LogP contribution in [0, 0.1) is 0 Å². The van der Waals surface area contributed by atoms with Crippen molar-refractivity contribution in [3.05, 3.63) is 66.1 Å². The number of benzene rings is 2. The lowest BCUT2D eigenvalue weighted by molar-refractivity contribution is -0.121. The number of aryl methyl sites for hydroxylation is 1. The van der Waals surface area contributed by atoms with Crippen LogP contribution in [0.4, 0.5) is 0 Å². The molecule has 0 aliphatic heterocycles. The van der Waals surface area contributed by atoms with E-state index in [-0.39, 0.29) is 5.91 Å². The Labute approximate surface area is 152 Å². The van der Waals surface area contributed by atoms with Gasteiger partial charge >= 0.3 is 0 Å². The molecule has 0 unspecified atom stereocenters. The number of amides is 1. The van der Waals surface area contributed by atoms with Crippen molar-refractivity contribution in [2.24, 2.45) is 0 Å². The Kier molecular flexibility index (Phi) is 5.98. The number of carbonyl (C=O) groups excluding carboxylic acids is 1. The second-order valence-corrected chi connectivity index (χ2v) is 5.80. The van der Waals surface area contributed by atoms with E-state index in [1.165, 1.54) is 0 Å². The molecule has 0 aliphatic carbocycles. The third kappa shape index (κ3) is 4.69. The number of ether oxygens (including phenoxy) is 1. The molecule has 0 spiro atoms. The van der Waals surface area contributed by atoms with Gasteiger partial charge in [-0.05, 0) is 24.1 Å². The van der Waals surface area contributed by atoms with E-state index in [9.17, 15) is 4.79 Å². The lowest BCUT2D eigenvalue weighted by Crippen LogP contribution is -2.25. The van der Waals surface area contributed by atoms with Gasteiger partial charge in [0.2, 0.25) is 17.6 Å². The Hall–Kier alpha value is -3.15. The van der Waals surface area contributed by atoms with Crippen molar-refractivity contribution in [1.82, 2.24) is 15.5 Å². The van der Waals surface area contributed by atoms with Crippen LogP contribution in [-0.4, -0.2) is 29.7 Å². The first-order chi connectivity index (χ1) is 12.8. The predicted octanol–water partition coefficient (Wildman–Crippen LogP) is 3.04. The summed E-state index contributed by atoms with van der Waals surface area (Å²) in [6.07, 6.45) is 1.67. The maximum atomic E-state index is 11.9. The molecule has 0 fully saturated rings. The van der Waals surface area contributed by atoms with E-state index in [0.717, 1.165) is 17.5 Å². The minimum Gasteiger partial charge on any atom is -0.496 e. The molecule has 3 aromatic rings. The van der Waals surface area contributed by atoms with E-state index in [4.69, 9.17) is 9.26 Å². The molecule has 0 bridgehead atoms. The van der Waals surface area contributed by atoms with Crippen molar-refractivity contribution >= 4 is 5.91 Å². The molecule has 2 aromatic carbocycles. The highest BCUT2D eigenvalue weighted by Gasteiger charge is 2.12. The monoisotopic (exact) mass is 351 g/mol. The molecule has 1 aromatic heterocycles. The lowest BCUT2D eigenvalue weighted by atomic mass is 10.1. The van der Waals surface area contributed by atoms with Crippen LogP contribution >= 0.6 is 0 Å². The van der Waals surface area contributed by atoms with Crippen LogP contribution in [-0.2, 0) is 17.6 Å². The first-order valence-corrected chi connectivity index (χ1v) is 8.53. The Morgan fingerprint density at radius 1 is 1.08 bits per heavy atom. The molecular formula is C20H21N3O3. The van der Waals surface area contributed by atoms with Crippen molar-refractivity contribution in [2.45, 2.75) is 19.3 Å². The maximum Gasteiger partial charge on any atom is 0.228 e. The zero-order valence-corrected chi connectivity index (χ0v) is 14.6. The van der Waals surface area contributed by atoms with Gasteiger partial charge in [0.15, 0.2) is 0 Å². The summed E-state index contributed by atoms with van der Waals surface area (Å²) in [5, 5.41) is 6.87. The van der Waals surface area contributed by atoms with E-state index in [2.05, 4.69) is 15.5 Å². The summed E-state index contributed by atoms with van der Waals surface area (Å²) >= 11 is 0. The molecule has 1 amide bonds. The fourth-order valence-corrected chi connectivity index (χ4v) is 2.59. The maximum absolute atomic E-state index is 11.9. The summed E-state index contributed by atoms with van der Waals surface area (Å²) < 4.78 is 10.6. The minimum absolute atomic E-state index is 0.0123. The number of nitrogens with zero attached hydrogens (tertiary/aromatic N) is 2. The number of rotatable bonds is 8. The average Bonchev–Trinajstić information content (AvgIpc) is 3.16. The molecule has 0 aliphatic rings. The molecule has 0 atom stereocenters. The van der Waals surface area contributed by atoms with Crippen LogP contribution < -0.4 is 10.1 Å². The molecule has 134 valence electrons. The quantitative estimate of drug-likeness (QED) is 0.675. The highest BCUT2D eigenvalue weighted by molar-refractivity contribution is 5.76. The summed E-state index contributed by atoms with van der Waals surface area (Å²) in [5.74, 6) is 1.66. The van der Waals surface area contributed by atoms with E-state index in [1.54, 1.807) is 7.11 Å². The molecule has 0 radical (unpaired) electrons. The largest absolute Gasteiger partial charge is 0.496 e. The highest BCUT2D eigenvalue weighted by Crippen LogP contribution is 2.26. The van der Waals surface area contributed by atoms with Crippen molar-refractivity contribution in [1.29, 1.82) is 0 Å². The number of nitrogens with one attached hydrogen (secondary N) is 1. The van der Waals surface area contributed by atoms with Gasteiger partial charge < -0.3 is 14.6 Å². The molecule has 6 heteroatoms. The van der Waals surface area contributed by atoms with Gasteiger partial charge in [0, 0.05) is 19.4 Å². The van der Waals surface area contributed by atoms with Crippen LogP contribution in [0.1, 0.15) is 17.9 Å². The highest BCUT2D eigenvalue weighted by atomic mass is 16.5. The van der Waals surface area contributed by atoms with Crippen molar-refractivity contribution < 1.29 is 14.1 Å². The summed E-state index contributed by atoms with van der Waals surface area (Å²) in [6.45, 7) is 0.460.